The van der Waals surface area contributed by atoms with Crippen molar-refractivity contribution in [3.63, 3.8) is 0 Å². The van der Waals surface area contributed by atoms with E-state index in [0.717, 1.165) is 32.2 Å². The van der Waals surface area contributed by atoms with Crippen LogP contribution in [0.4, 0.5) is 0 Å². The van der Waals surface area contributed by atoms with Crippen molar-refractivity contribution in [3.05, 3.63) is 35.9 Å². The van der Waals surface area contributed by atoms with Crippen molar-refractivity contribution in [2.45, 2.75) is 31.8 Å². The van der Waals surface area contributed by atoms with Gasteiger partial charge in [0.25, 0.3) is 0 Å². The molecule has 1 aliphatic heterocycles. The Balaban J connectivity index is 1.66. The lowest BCUT2D eigenvalue weighted by Gasteiger charge is -2.43. The van der Waals surface area contributed by atoms with E-state index in [0.29, 0.717) is 6.04 Å². The molecule has 2 nitrogen and oxygen atoms in total. The molecule has 1 aliphatic carbocycles. The third kappa shape index (κ3) is 2.53. The van der Waals surface area contributed by atoms with Gasteiger partial charge < -0.3 is 4.74 Å². The number of nitrogens with zero attached hydrogens (tertiary/aromatic N) is 1. The summed E-state index contributed by atoms with van der Waals surface area (Å²) in [7, 11) is 0. The van der Waals surface area contributed by atoms with Crippen molar-refractivity contribution >= 4 is 0 Å². The van der Waals surface area contributed by atoms with Gasteiger partial charge >= 0.3 is 0 Å². The van der Waals surface area contributed by atoms with Gasteiger partial charge in [0.2, 0.25) is 0 Å². The Bertz CT molecular complexity index is 347. The molecule has 1 saturated heterocycles. The molecule has 1 atom stereocenters. The summed E-state index contributed by atoms with van der Waals surface area (Å²) in [6, 6.07) is 11.5. The quantitative estimate of drug-likeness (QED) is 0.793. The minimum Gasteiger partial charge on any atom is -0.378 e. The summed E-state index contributed by atoms with van der Waals surface area (Å²) in [6.07, 6.45) is 4.22. The molecular formula is C15H21NO. The number of morpholine rings is 1. The Labute approximate surface area is 104 Å². The molecule has 0 N–H and O–H groups in total. The van der Waals surface area contributed by atoms with Gasteiger partial charge in [0, 0.05) is 19.1 Å². The van der Waals surface area contributed by atoms with Gasteiger partial charge in [-0.1, -0.05) is 36.8 Å². The zero-order chi connectivity index (χ0) is 11.5. The van der Waals surface area contributed by atoms with Gasteiger partial charge in [-0.15, -0.1) is 0 Å². The molecule has 1 heterocycles. The standard InChI is InChI=1S/C15H21NO/c1-2-5-13(6-3-1)11-16-9-10-17-12-15(16)14-7-4-8-14/h1-3,5-6,14-15H,4,7-12H2/t15-/m1/s1. The Hall–Kier alpha value is -0.860. The second kappa shape index (κ2) is 5.19. The lowest BCUT2D eigenvalue weighted by molar-refractivity contribution is -0.0486. The van der Waals surface area contributed by atoms with E-state index in [1.54, 1.807) is 0 Å². The van der Waals surface area contributed by atoms with E-state index in [1.165, 1.54) is 24.8 Å². The summed E-state index contributed by atoms with van der Waals surface area (Å²) in [5.74, 6) is 0.888. The molecule has 0 amide bonds. The molecule has 1 aromatic carbocycles. The molecule has 2 aliphatic rings. The van der Waals surface area contributed by atoms with E-state index < -0.39 is 0 Å². The van der Waals surface area contributed by atoms with Gasteiger partial charge in [-0.3, -0.25) is 4.90 Å². The van der Waals surface area contributed by atoms with Gasteiger partial charge in [0.05, 0.1) is 13.2 Å². The lowest BCUT2D eigenvalue weighted by Crippen LogP contribution is -2.50. The van der Waals surface area contributed by atoms with Crippen LogP contribution >= 0.6 is 0 Å². The fourth-order valence-corrected chi connectivity index (χ4v) is 2.93. The molecule has 2 fully saturated rings. The van der Waals surface area contributed by atoms with Crippen LogP contribution in [0.25, 0.3) is 0 Å². The second-order valence-corrected chi connectivity index (χ2v) is 5.29. The largest absolute Gasteiger partial charge is 0.378 e. The topological polar surface area (TPSA) is 12.5 Å². The fourth-order valence-electron chi connectivity index (χ4n) is 2.93. The Kier molecular flexibility index (Phi) is 3.44. The average Bonchev–Trinajstić information content (AvgIpc) is 2.31. The number of ether oxygens (including phenoxy) is 1. The molecule has 3 rings (SSSR count). The Morgan fingerprint density at radius 2 is 2.00 bits per heavy atom. The average molecular weight is 231 g/mol. The maximum absolute atomic E-state index is 5.67. The smallest absolute Gasteiger partial charge is 0.0625 e. The van der Waals surface area contributed by atoms with Crippen LogP contribution in [-0.2, 0) is 11.3 Å². The van der Waals surface area contributed by atoms with Crippen LogP contribution in [0.2, 0.25) is 0 Å². The predicted molar refractivity (Wildman–Crippen MR) is 68.8 cm³/mol. The highest BCUT2D eigenvalue weighted by atomic mass is 16.5. The molecule has 1 saturated carbocycles. The molecule has 0 radical (unpaired) electrons. The van der Waals surface area contributed by atoms with Crippen LogP contribution in [0, 0.1) is 5.92 Å². The van der Waals surface area contributed by atoms with E-state index in [4.69, 9.17) is 4.74 Å². The summed E-state index contributed by atoms with van der Waals surface area (Å²) >= 11 is 0. The van der Waals surface area contributed by atoms with Crippen LogP contribution < -0.4 is 0 Å². The highest BCUT2D eigenvalue weighted by Gasteiger charge is 2.33. The minimum absolute atomic E-state index is 0.665. The van der Waals surface area contributed by atoms with Crippen molar-refractivity contribution in [2.75, 3.05) is 19.8 Å². The molecule has 1 aromatic rings. The maximum Gasteiger partial charge on any atom is 0.0625 e. The molecule has 2 heteroatoms. The molecule has 17 heavy (non-hydrogen) atoms. The first-order valence-electron chi connectivity index (χ1n) is 6.79. The molecule has 0 aromatic heterocycles. The van der Waals surface area contributed by atoms with Gasteiger partial charge in [-0.25, -0.2) is 0 Å². The van der Waals surface area contributed by atoms with Gasteiger partial charge in [-0.2, -0.15) is 0 Å². The summed E-state index contributed by atoms with van der Waals surface area (Å²) in [5.41, 5.74) is 1.43. The number of benzene rings is 1. The van der Waals surface area contributed by atoms with Gasteiger partial charge in [0.1, 0.15) is 0 Å². The molecular weight excluding hydrogens is 210 g/mol. The van der Waals surface area contributed by atoms with Crippen LogP contribution in [0.1, 0.15) is 24.8 Å². The molecule has 0 bridgehead atoms. The fraction of sp³-hybridized carbons (Fsp3) is 0.600. The second-order valence-electron chi connectivity index (χ2n) is 5.29. The lowest BCUT2D eigenvalue weighted by atomic mass is 9.79. The van der Waals surface area contributed by atoms with Gasteiger partial charge in [-0.05, 0) is 24.3 Å². The molecule has 0 unspecified atom stereocenters. The van der Waals surface area contributed by atoms with Crippen molar-refractivity contribution in [3.8, 4) is 0 Å². The van der Waals surface area contributed by atoms with E-state index >= 15 is 0 Å². The first kappa shape index (κ1) is 11.2. The Morgan fingerprint density at radius 1 is 1.18 bits per heavy atom. The third-order valence-corrected chi connectivity index (χ3v) is 4.20. The van der Waals surface area contributed by atoms with Crippen LogP contribution in [0.5, 0.6) is 0 Å². The highest BCUT2D eigenvalue weighted by Crippen LogP contribution is 2.34. The van der Waals surface area contributed by atoms with Crippen molar-refractivity contribution in [1.82, 2.24) is 4.90 Å². The maximum atomic E-state index is 5.67. The van der Waals surface area contributed by atoms with E-state index in [2.05, 4.69) is 35.2 Å². The number of hydrogen-bond acceptors (Lipinski definition) is 2. The van der Waals surface area contributed by atoms with E-state index in [1.807, 2.05) is 0 Å². The molecule has 92 valence electrons. The van der Waals surface area contributed by atoms with Crippen molar-refractivity contribution in [1.29, 1.82) is 0 Å². The van der Waals surface area contributed by atoms with Gasteiger partial charge in [0.15, 0.2) is 0 Å². The highest BCUT2D eigenvalue weighted by molar-refractivity contribution is 5.14. The molecule has 0 spiro atoms. The summed E-state index contributed by atoms with van der Waals surface area (Å²) < 4.78 is 5.67. The first-order chi connectivity index (χ1) is 8.43. The number of hydrogen-bond donors (Lipinski definition) is 0. The number of rotatable bonds is 3. The van der Waals surface area contributed by atoms with Crippen LogP contribution in [-0.4, -0.2) is 30.7 Å². The first-order valence-corrected chi connectivity index (χ1v) is 6.79. The summed E-state index contributed by atoms with van der Waals surface area (Å²) in [6.45, 7) is 4.02. The van der Waals surface area contributed by atoms with Crippen LogP contribution in [0.15, 0.2) is 30.3 Å². The minimum atomic E-state index is 0.665. The summed E-state index contributed by atoms with van der Waals surface area (Å²) in [4.78, 5) is 2.63. The zero-order valence-electron chi connectivity index (χ0n) is 10.3. The van der Waals surface area contributed by atoms with E-state index in [-0.39, 0.29) is 0 Å². The SMILES string of the molecule is c1ccc(CN2CCOC[C@@H]2C2CCC2)cc1. The monoisotopic (exact) mass is 231 g/mol. The predicted octanol–water partition coefficient (Wildman–Crippen LogP) is 2.69. The normalized spacial score (nSPS) is 26.7. The van der Waals surface area contributed by atoms with Crippen molar-refractivity contribution < 1.29 is 4.74 Å². The van der Waals surface area contributed by atoms with Crippen LogP contribution in [0.3, 0.4) is 0 Å². The van der Waals surface area contributed by atoms with Crippen molar-refractivity contribution in [2.24, 2.45) is 5.92 Å². The summed E-state index contributed by atoms with van der Waals surface area (Å²) in [5, 5.41) is 0. The Morgan fingerprint density at radius 3 is 2.71 bits per heavy atom. The third-order valence-electron chi connectivity index (χ3n) is 4.20. The zero-order valence-corrected chi connectivity index (χ0v) is 10.3. The van der Waals surface area contributed by atoms with E-state index in [9.17, 15) is 0 Å².